The molecule has 1 fully saturated rings. The molecule has 34 heavy (non-hydrogen) atoms. The van der Waals surface area contributed by atoms with E-state index < -0.39 is 20.6 Å². The number of para-hydroxylation sites is 1. The zero-order valence-corrected chi connectivity index (χ0v) is 19.0. The highest BCUT2D eigenvalue weighted by Gasteiger charge is 2.34. The number of nitro groups is 1. The summed E-state index contributed by atoms with van der Waals surface area (Å²) in [5, 5.41) is 19.8. The highest BCUT2D eigenvalue weighted by molar-refractivity contribution is 7.89. The third-order valence-electron chi connectivity index (χ3n) is 5.71. The number of nitrogens with zero attached hydrogens (tertiary/aromatic N) is 8. The van der Waals surface area contributed by atoms with Gasteiger partial charge in [-0.1, -0.05) is 35.0 Å². The fourth-order valence-electron chi connectivity index (χ4n) is 3.93. The molecule has 1 aliphatic heterocycles. The summed E-state index contributed by atoms with van der Waals surface area (Å²) >= 11 is 0. The lowest BCUT2D eigenvalue weighted by Gasteiger charge is -2.34. The van der Waals surface area contributed by atoms with Crippen molar-refractivity contribution in [3.63, 3.8) is 0 Å². The van der Waals surface area contributed by atoms with Crippen molar-refractivity contribution < 1.29 is 13.3 Å². The average molecular weight is 481 g/mol. The van der Waals surface area contributed by atoms with Gasteiger partial charge in [-0.3, -0.25) is 10.1 Å². The van der Waals surface area contributed by atoms with Gasteiger partial charge in [-0.2, -0.15) is 8.99 Å². The second kappa shape index (κ2) is 8.43. The molecule has 3 heterocycles. The number of sulfonamides is 1. The van der Waals surface area contributed by atoms with E-state index in [4.69, 9.17) is 0 Å². The van der Waals surface area contributed by atoms with Crippen molar-refractivity contribution in [2.45, 2.75) is 11.8 Å². The van der Waals surface area contributed by atoms with Crippen molar-refractivity contribution >= 4 is 32.7 Å². The van der Waals surface area contributed by atoms with E-state index in [1.54, 1.807) is 4.68 Å². The van der Waals surface area contributed by atoms with E-state index in [0.29, 0.717) is 30.1 Å². The summed E-state index contributed by atoms with van der Waals surface area (Å²) in [6, 6.07) is 13.2. The van der Waals surface area contributed by atoms with E-state index in [1.807, 2.05) is 36.1 Å². The number of benzene rings is 2. The summed E-state index contributed by atoms with van der Waals surface area (Å²) in [5.41, 5.74) is 2.56. The van der Waals surface area contributed by atoms with E-state index in [0.717, 1.165) is 11.3 Å². The van der Waals surface area contributed by atoms with Crippen LogP contribution in [0.1, 0.15) is 5.56 Å². The predicted molar refractivity (Wildman–Crippen MR) is 123 cm³/mol. The largest absolute Gasteiger partial charge is 0.352 e. The van der Waals surface area contributed by atoms with Crippen LogP contribution in [0.25, 0.3) is 16.9 Å². The van der Waals surface area contributed by atoms with Crippen molar-refractivity contribution in [1.29, 1.82) is 0 Å². The Bertz CT molecular complexity index is 1480. The van der Waals surface area contributed by atoms with E-state index in [9.17, 15) is 18.5 Å². The van der Waals surface area contributed by atoms with Crippen LogP contribution in [0.4, 0.5) is 11.5 Å². The molecule has 1 aliphatic rings. The number of aromatic nitrogens is 5. The van der Waals surface area contributed by atoms with Crippen LogP contribution >= 0.6 is 0 Å². The molecule has 5 rings (SSSR count). The Morgan fingerprint density at radius 2 is 1.68 bits per heavy atom. The fourth-order valence-corrected chi connectivity index (χ4v) is 5.51. The van der Waals surface area contributed by atoms with Gasteiger partial charge in [0, 0.05) is 32.2 Å². The molecule has 13 heteroatoms. The van der Waals surface area contributed by atoms with E-state index in [-0.39, 0.29) is 18.0 Å². The maximum Gasteiger partial charge on any atom is 0.289 e. The Balaban J connectivity index is 1.40. The number of aryl methyl sites for hydroxylation is 1. The summed E-state index contributed by atoms with van der Waals surface area (Å²) in [6.45, 7) is 2.96. The van der Waals surface area contributed by atoms with E-state index >= 15 is 0 Å². The lowest BCUT2D eigenvalue weighted by molar-refractivity contribution is -0.387. The van der Waals surface area contributed by atoms with Gasteiger partial charge in [0.15, 0.2) is 21.9 Å². The molecule has 0 unspecified atom stereocenters. The summed E-state index contributed by atoms with van der Waals surface area (Å²) in [6.07, 6.45) is 1.43. The Labute approximate surface area is 194 Å². The van der Waals surface area contributed by atoms with Gasteiger partial charge >= 0.3 is 0 Å². The summed E-state index contributed by atoms with van der Waals surface area (Å²) in [7, 11) is -4.02. The number of rotatable bonds is 5. The zero-order valence-electron chi connectivity index (χ0n) is 18.1. The van der Waals surface area contributed by atoms with Crippen LogP contribution in [0, 0.1) is 17.0 Å². The Morgan fingerprint density at radius 1 is 0.971 bits per heavy atom. The van der Waals surface area contributed by atoms with Crippen LogP contribution in [0.3, 0.4) is 0 Å². The number of nitro benzene ring substituents is 1. The SMILES string of the molecule is Cc1ccc(-n2nnc3c(N4CCN(S(=O)(=O)c5ccccc5[N+](=O)[O-])CC4)ncnc32)cc1. The fraction of sp³-hybridized carbons (Fsp3) is 0.238. The van der Waals surface area contributed by atoms with Gasteiger partial charge in [0.25, 0.3) is 5.69 Å². The van der Waals surface area contributed by atoms with Crippen LogP contribution in [-0.2, 0) is 10.0 Å². The first kappa shape index (κ1) is 21.9. The second-order valence-electron chi connectivity index (χ2n) is 7.82. The van der Waals surface area contributed by atoms with Crippen LogP contribution in [0.5, 0.6) is 0 Å². The second-order valence-corrected chi connectivity index (χ2v) is 9.73. The molecule has 12 nitrogen and oxygen atoms in total. The van der Waals surface area contributed by atoms with Crippen molar-refractivity contribution in [2.75, 3.05) is 31.1 Å². The maximum absolute atomic E-state index is 13.1. The van der Waals surface area contributed by atoms with E-state index in [1.165, 1.54) is 34.9 Å². The number of hydrogen-bond donors (Lipinski definition) is 0. The smallest absolute Gasteiger partial charge is 0.289 e. The molecule has 2 aromatic heterocycles. The summed E-state index contributed by atoms with van der Waals surface area (Å²) < 4.78 is 29.1. The third-order valence-corrected chi connectivity index (χ3v) is 7.66. The molecular weight excluding hydrogens is 460 g/mol. The Morgan fingerprint density at radius 3 is 2.38 bits per heavy atom. The molecule has 2 aromatic carbocycles. The lowest BCUT2D eigenvalue weighted by atomic mass is 10.2. The van der Waals surface area contributed by atoms with Gasteiger partial charge in [-0.25, -0.2) is 18.4 Å². The molecule has 0 bridgehead atoms. The highest BCUT2D eigenvalue weighted by atomic mass is 32.2. The first-order chi connectivity index (χ1) is 16.4. The van der Waals surface area contributed by atoms with Crippen molar-refractivity contribution in [2.24, 2.45) is 0 Å². The summed E-state index contributed by atoms with van der Waals surface area (Å²) in [4.78, 5) is 21.0. The number of piperazine rings is 1. The number of fused-ring (bicyclic) bond motifs is 1. The minimum absolute atomic E-state index is 0.145. The monoisotopic (exact) mass is 480 g/mol. The highest BCUT2D eigenvalue weighted by Crippen LogP contribution is 2.29. The zero-order chi connectivity index (χ0) is 23.9. The molecule has 0 radical (unpaired) electrons. The van der Waals surface area contributed by atoms with Gasteiger partial charge < -0.3 is 4.90 Å². The predicted octanol–water partition coefficient (Wildman–Crippen LogP) is 1.94. The molecular formula is C21H20N8O4S. The van der Waals surface area contributed by atoms with Gasteiger partial charge in [0.2, 0.25) is 10.0 Å². The van der Waals surface area contributed by atoms with Crippen LogP contribution in [-0.4, -0.2) is 68.8 Å². The van der Waals surface area contributed by atoms with Crippen molar-refractivity contribution in [3.8, 4) is 5.69 Å². The van der Waals surface area contributed by atoms with Crippen LogP contribution < -0.4 is 4.90 Å². The normalized spacial score (nSPS) is 15.0. The molecule has 0 atom stereocenters. The van der Waals surface area contributed by atoms with Gasteiger partial charge in [-0.15, -0.1) is 5.10 Å². The van der Waals surface area contributed by atoms with E-state index in [2.05, 4.69) is 20.3 Å². The average Bonchev–Trinajstić information content (AvgIpc) is 3.29. The maximum atomic E-state index is 13.1. The minimum Gasteiger partial charge on any atom is -0.352 e. The molecule has 0 amide bonds. The van der Waals surface area contributed by atoms with Crippen LogP contribution in [0.15, 0.2) is 59.8 Å². The standard InChI is InChI=1S/C21H20N8O4S/c1-15-6-8-16(9-7-15)28-21-19(24-25-28)20(22-14-23-21)26-10-12-27(13-11-26)34(32,33)18-5-3-2-4-17(18)29(30)31/h2-9,14H,10-13H2,1H3. The lowest BCUT2D eigenvalue weighted by Crippen LogP contribution is -2.49. The Kier molecular flexibility index (Phi) is 5.42. The van der Waals surface area contributed by atoms with Gasteiger partial charge in [-0.05, 0) is 25.1 Å². The Hall–Kier alpha value is -3.97. The first-order valence-electron chi connectivity index (χ1n) is 10.5. The molecule has 0 saturated carbocycles. The third kappa shape index (κ3) is 3.74. The first-order valence-corrected chi connectivity index (χ1v) is 11.9. The minimum atomic E-state index is -4.02. The van der Waals surface area contributed by atoms with Crippen LogP contribution in [0.2, 0.25) is 0 Å². The summed E-state index contributed by atoms with van der Waals surface area (Å²) in [5.74, 6) is 0.561. The molecule has 4 aromatic rings. The molecule has 1 saturated heterocycles. The van der Waals surface area contributed by atoms with Crippen molar-refractivity contribution in [1.82, 2.24) is 29.3 Å². The van der Waals surface area contributed by atoms with Gasteiger partial charge in [0.1, 0.15) is 6.33 Å². The van der Waals surface area contributed by atoms with Crippen molar-refractivity contribution in [3.05, 3.63) is 70.5 Å². The molecule has 174 valence electrons. The molecule has 0 N–H and O–H groups in total. The topological polar surface area (TPSA) is 140 Å². The molecule has 0 aliphatic carbocycles. The quantitative estimate of drug-likeness (QED) is 0.309. The van der Waals surface area contributed by atoms with Gasteiger partial charge in [0.05, 0.1) is 10.6 Å². The molecule has 0 spiro atoms. The number of anilines is 1. The number of hydrogen-bond acceptors (Lipinski definition) is 9.